The Kier molecular flexibility index (Phi) is 6.00. The minimum Gasteiger partial charge on any atom is -0.490 e. The summed E-state index contributed by atoms with van der Waals surface area (Å²) < 4.78 is 5.83. The van der Waals surface area contributed by atoms with E-state index in [1.54, 1.807) is 0 Å². The molecule has 0 aromatic heterocycles. The van der Waals surface area contributed by atoms with E-state index in [4.69, 9.17) is 4.74 Å². The van der Waals surface area contributed by atoms with Crippen molar-refractivity contribution in [1.82, 2.24) is 4.90 Å². The molecule has 3 aliphatic rings. The Hall–Kier alpha value is -3.02. The quantitative estimate of drug-likeness (QED) is 0.674. The van der Waals surface area contributed by atoms with Crippen molar-refractivity contribution in [2.45, 2.75) is 78.3 Å². The maximum absolute atomic E-state index is 13.2. The van der Waals surface area contributed by atoms with E-state index < -0.39 is 5.97 Å². The normalized spacial score (nSPS) is 18.1. The van der Waals surface area contributed by atoms with Crippen LogP contribution in [0.2, 0.25) is 0 Å². The van der Waals surface area contributed by atoms with Gasteiger partial charge >= 0.3 is 5.97 Å². The van der Waals surface area contributed by atoms with Gasteiger partial charge in [-0.3, -0.25) is 9.59 Å². The summed E-state index contributed by atoms with van der Waals surface area (Å²) in [5.41, 5.74) is 9.21. The van der Waals surface area contributed by atoms with E-state index in [9.17, 15) is 14.7 Å². The van der Waals surface area contributed by atoms with Crippen LogP contribution in [-0.2, 0) is 29.0 Å². The van der Waals surface area contributed by atoms with Gasteiger partial charge in [0.1, 0.15) is 12.4 Å². The number of carbonyl (C=O) groups is 2. The SMILES string of the molecule is Cc1c2c(c(C)c(-c3ccc4c(c3C)NCCO4)c1CC(=O)O)CN(C1CCCCC1)C(=O)C2. The lowest BCUT2D eigenvalue weighted by Crippen LogP contribution is -2.45. The van der Waals surface area contributed by atoms with Crippen LogP contribution in [0.15, 0.2) is 12.1 Å². The second kappa shape index (κ2) is 8.97. The Labute approximate surface area is 201 Å². The molecule has 2 aliphatic heterocycles. The molecule has 0 spiro atoms. The molecular formula is C28H34N2O4. The van der Waals surface area contributed by atoms with Crippen molar-refractivity contribution in [3.63, 3.8) is 0 Å². The molecular weight excluding hydrogens is 428 g/mol. The maximum atomic E-state index is 13.2. The Morgan fingerprint density at radius 1 is 1.09 bits per heavy atom. The number of benzene rings is 2. The molecule has 1 aliphatic carbocycles. The van der Waals surface area contributed by atoms with Gasteiger partial charge in [0.15, 0.2) is 0 Å². The fraction of sp³-hybridized carbons (Fsp3) is 0.500. The highest BCUT2D eigenvalue weighted by molar-refractivity contribution is 5.89. The topological polar surface area (TPSA) is 78.9 Å². The molecule has 1 amide bonds. The summed E-state index contributed by atoms with van der Waals surface area (Å²) >= 11 is 0. The van der Waals surface area contributed by atoms with E-state index in [2.05, 4.69) is 30.1 Å². The minimum atomic E-state index is -0.855. The Bertz CT molecular complexity index is 1160. The number of carbonyl (C=O) groups excluding carboxylic acids is 1. The van der Waals surface area contributed by atoms with Crippen LogP contribution in [0.4, 0.5) is 5.69 Å². The fourth-order valence-electron chi connectivity index (χ4n) is 6.26. The third kappa shape index (κ3) is 3.83. The van der Waals surface area contributed by atoms with Gasteiger partial charge in [0, 0.05) is 19.1 Å². The average molecular weight is 463 g/mol. The first kappa shape index (κ1) is 22.8. The summed E-state index contributed by atoms with van der Waals surface area (Å²) in [6, 6.07) is 4.37. The molecule has 2 N–H and O–H groups in total. The first-order valence-corrected chi connectivity index (χ1v) is 12.5. The molecule has 2 heterocycles. The van der Waals surface area contributed by atoms with E-state index in [0.29, 0.717) is 25.6 Å². The summed E-state index contributed by atoms with van der Waals surface area (Å²) in [6.45, 7) is 8.19. The Balaban J connectivity index is 1.67. The van der Waals surface area contributed by atoms with Crippen LogP contribution in [-0.4, -0.2) is 41.1 Å². The highest BCUT2D eigenvalue weighted by Gasteiger charge is 2.34. The fourth-order valence-corrected chi connectivity index (χ4v) is 6.26. The van der Waals surface area contributed by atoms with Crippen molar-refractivity contribution in [3.8, 4) is 16.9 Å². The molecule has 5 rings (SSSR count). The Morgan fingerprint density at radius 3 is 2.59 bits per heavy atom. The molecule has 6 heteroatoms. The number of anilines is 1. The largest absolute Gasteiger partial charge is 0.490 e. The molecule has 6 nitrogen and oxygen atoms in total. The maximum Gasteiger partial charge on any atom is 0.307 e. The van der Waals surface area contributed by atoms with Gasteiger partial charge in [-0.25, -0.2) is 0 Å². The van der Waals surface area contributed by atoms with E-state index in [-0.39, 0.29) is 12.3 Å². The third-order valence-corrected chi connectivity index (χ3v) is 8.08. The molecule has 0 unspecified atom stereocenters. The molecule has 2 aromatic carbocycles. The van der Waals surface area contributed by atoms with Crippen LogP contribution in [0.1, 0.15) is 65.5 Å². The van der Waals surface area contributed by atoms with Crippen LogP contribution >= 0.6 is 0 Å². The van der Waals surface area contributed by atoms with Gasteiger partial charge in [-0.05, 0) is 84.2 Å². The first-order valence-electron chi connectivity index (χ1n) is 12.5. The molecule has 1 saturated carbocycles. The van der Waals surface area contributed by atoms with E-state index >= 15 is 0 Å². The minimum absolute atomic E-state index is 0.0593. The van der Waals surface area contributed by atoms with E-state index in [1.165, 1.54) is 24.8 Å². The molecule has 34 heavy (non-hydrogen) atoms. The zero-order chi connectivity index (χ0) is 24.0. The number of amides is 1. The van der Waals surface area contributed by atoms with Gasteiger partial charge in [0.2, 0.25) is 5.91 Å². The smallest absolute Gasteiger partial charge is 0.307 e. The van der Waals surface area contributed by atoms with Crippen molar-refractivity contribution in [1.29, 1.82) is 0 Å². The number of nitrogens with zero attached hydrogens (tertiary/aromatic N) is 1. The van der Waals surface area contributed by atoms with Gasteiger partial charge in [0.05, 0.1) is 18.5 Å². The number of carboxylic acid groups (broad SMARTS) is 1. The Morgan fingerprint density at radius 2 is 1.85 bits per heavy atom. The summed E-state index contributed by atoms with van der Waals surface area (Å²) in [7, 11) is 0. The lowest BCUT2D eigenvalue weighted by Gasteiger charge is -2.39. The monoisotopic (exact) mass is 462 g/mol. The number of ether oxygens (including phenoxy) is 1. The van der Waals surface area contributed by atoms with Crippen LogP contribution in [0.3, 0.4) is 0 Å². The van der Waals surface area contributed by atoms with Crippen molar-refractivity contribution in [2.75, 3.05) is 18.5 Å². The number of carboxylic acids is 1. The van der Waals surface area contributed by atoms with Crippen LogP contribution in [0.5, 0.6) is 5.75 Å². The van der Waals surface area contributed by atoms with Gasteiger partial charge in [-0.15, -0.1) is 0 Å². The predicted molar refractivity (Wildman–Crippen MR) is 133 cm³/mol. The number of hydrogen-bond acceptors (Lipinski definition) is 4. The van der Waals surface area contributed by atoms with Crippen molar-refractivity contribution in [3.05, 3.63) is 45.5 Å². The van der Waals surface area contributed by atoms with Crippen molar-refractivity contribution < 1.29 is 19.4 Å². The standard InChI is InChI=1S/C28H34N2O4/c1-16-21-13-25(31)30(19-7-5-4-6-8-19)15-23(21)17(2)27(22(16)14-26(32)33)20-9-10-24-28(18(20)3)29-11-12-34-24/h9-10,19,29H,4-8,11-15H2,1-3H3,(H,32,33). The van der Waals surface area contributed by atoms with Crippen molar-refractivity contribution >= 4 is 17.6 Å². The van der Waals surface area contributed by atoms with Crippen LogP contribution in [0.25, 0.3) is 11.1 Å². The number of hydrogen-bond donors (Lipinski definition) is 2. The van der Waals surface area contributed by atoms with Gasteiger partial charge < -0.3 is 20.1 Å². The summed E-state index contributed by atoms with van der Waals surface area (Å²) in [4.78, 5) is 27.2. The van der Waals surface area contributed by atoms with Crippen molar-refractivity contribution in [2.24, 2.45) is 0 Å². The lowest BCUT2D eigenvalue weighted by molar-refractivity contribution is -0.136. The zero-order valence-electron chi connectivity index (χ0n) is 20.4. The number of aliphatic carboxylic acids is 1. The van der Waals surface area contributed by atoms with E-state index in [0.717, 1.165) is 69.8 Å². The van der Waals surface area contributed by atoms with Gasteiger partial charge in [-0.2, -0.15) is 0 Å². The summed E-state index contributed by atoms with van der Waals surface area (Å²) in [5.74, 6) is 0.169. The van der Waals surface area contributed by atoms with Gasteiger partial charge in [0.25, 0.3) is 0 Å². The zero-order valence-corrected chi connectivity index (χ0v) is 20.4. The molecule has 1 fully saturated rings. The molecule has 2 aromatic rings. The van der Waals surface area contributed by atoms with Crippen LogP contribution in [0, 0.1) is 20.8 Å². The lowest BCUT2D eigenvalue weighted by atomic mass is 9.79. The van der Waals surface area contributed by atoms with Crippen LogP contribution < -0.4 is 10.1 Å². The molecule has 0 radical (unpaired) electrons. The molecule has 0 saturated heterocycles. The highest BCUT2D eigenvalue weighted by Crippen LogP contribution is 2.44. The first-order chi connectivity index (χ1) is 16.4. The number of nitrogens with one attached hydrogen (secondary N) is 1. The molecule has 0 atom stereocenters. The second-order valence-corrected chi connectivity index (χ2v) is 10.0. The van der Waals surface area contributed by atoms with E-state index in [1.807, 2.05) is 13.0 Å². The highest BCUT2D eigenvalue weighted by atomic mass is 16.5. The predicted octanol–water partition coefficient (Wildman–Crippen LogP) is 4.93. The van der Waals surface area contributed by atoms with Gasteiger partial charge in [-0.1, -0.05) is 25.3 Å². The number of rotatable bonds is 4. The average Bonchev–Trinajstić information content (AvgIpc) is 2.84. The third-order valence-electron chi connectivity index (χ3n) is 8.08. The summed E-state index contributed by atoms with van der Waals surface area (Å²) in [5, 5.41) is 13.2. The summed E-state index contributed by atoms with van der Waals surface area (Å²) in [6.07, 6.45) is 6.10. The molecule has 0 bridgehead atoms. The number of fused-ring (bicyclic) bond motifs is 2. The second-order valence-electron chi connectivity index (χ2n) is 10.0. The molecule has 180 valence electrons.